The third-order valence-electron chi connectivity index (χ3n) is 3.24. The van der Waals surface area contributed by atoms with E-state index in [1.54, 1.807) is 10.9 Å². The van der Waals surface area contributed by atoms with E-state index in [1.165, 1.54) is 12.8 Å². The van der Waals surface area contributed by atoms with Gasteiger partial charge in [0, 0.05) is 6.20 Å². The summed E-state index contributed by atoms with van der Waals surface area (Å²) in [6, 6.07) is 0.00583. The van der Waals surface area contributed by atoms with Crippen molar-refractivity contribution in [1.82, 2.24) is 9.78 Å². The summed E-state index contributed by atoms with van der Waals surface area (Å²) < 4.78 is 2.70. The number of aromatic nitrogens is 2. The van der Waals surface area contributed by atoms with Gasteiger partial charge in [0.05, 0.1) is 23.1 Å². The number of nitrogens with zero attached hydrogens (tertiary/aromatic N) is 2. The highest BCUT2D eigenvalue weighted by Crippen LogP contribution is 2.36. The summed E-state index contributed by atoms with van der Waals surface area (Å²) in [5.41, 5.74) is 0. The Morgan fingerprint density at radius 3 is 2.81 bits per heavy atom. The topological polar surface area (TPSA) is 55.1 Å². The van der Waals surface area contributed by atoms with Gasteiger partial charge in [0.25, 0.3) is 0 Å². The molecule has 0 aromatic carbocycles. The van der Waals surface area contributed by atoms with Gasteiger partial charge in [0.15, 0.2) is 0 Å². The van der Waals surface area contributed by atoms with Crippen molar-refractivity contribution in [3.63, 3.8) is 0 Å². The van der Waals surface area contributed by atoms with Crippen molar-refractivity contribution >= 4 is 21.9 Å². The Labute approximate surface area is 103 Å². The number of carboxylic acid groups (broad SMARTS) is 1. The van der Waals surface area contributed by atoms with Gasteiger partial charge in [-0.15, -0.1) is 0 Å². The van der Waals surface area contributed by atoms with Crippen LogP contribution in [0.1, 0.15) is 38.1 Å². The first-order valence-electron chi connectivity index (χ1n) is 5.58. The summed E-state index contributed by atoms with van der Waals surface area (Å²) >= 11 is 3.34. The van der Waals surface area contributed by atoms with E-state index in [-0.39, 0.29) is 12.5 Å². The molecular formula is C11H15BrN2O2. The molecule has 1 saturated carbocycles. The van der Waals surface area contributed by atoms with Gasteiger partial charge in [-0.2, -0.15) is 5.10 Å². The maximum Gasteiger partial charge on any atom is 0.305 e. The third-order valence-corrected chi connectivity index (χ3v) is 3.65. The predicted octanol–water partition coefficient (Wildman–Crippen LogP) is 2.85. The molecule has 1 aliphatic rings. The van der Waals surface area contributed by atoms with Crippen LogP contribution in [-0.2, 0) is 4.79 Å². The second-order valence-electron chi connectivity index (χ2n) is 4.35. The second kappa shape index (κ2) is 4.99. The lowest BCUT2D eigenvalue weighted by molar-refractivity contribution is -0.138. The molecule has 0 radical (unpaired) electrons. The van der Waals surface area contributed by atoms with Crippen LogP contribution in [0.2, 0.25) is 0 Å². The molecule has 0 amide bonds. The van der Waals surface area contributed by atoms with Crippen LogP contribution in [0.4, 0.5) is 0 Å². The molecular weight excluding hydrogens is 272 g/mol. The zero-order valence-electron chi connectivity index (χ0n) is 8.97. The van der Waals surface area contributed by atoms with Gasteiger partial charge < -0.3 is 5.11 Å². The fourth-order valence-corrected chi connectivity index (χ4v) is 2.79. The predicted molar refractivity (Wildman–Crippen MR) is 63.2 cm³/mol. The first-order valence-corrected chi connectivity index (χ1v) is 6.37. The van der Waals surface area contributed by atoms with Gasteiger partial charge in [0.2, 0.25) is 0 Å². The molecule has 88 valence electrons. The molecule has 1 aromatic heterocycles. The zero-order valence-corrected chi connectivity index (χ0v) is 10.6. The Kier molecular flexibility index (Phi) is 3.63. The molecule has 0 saturated heterocycles. The molecule has 0 unspecified atom stereocenters. The normalized spacial score (nSPS) is 18.8. The molecule has 0 bridgehead atoms. The van der Waals surface area contributed by atoms with Crippen LogP contribution in [0.5, 0.6) is 0 Å². The van der Waals surface area contributed by atoms with Gasteiger partial charge in [-0.05, 0) is 34.7 Å². The lowest BCUT2D eigenvalue weighted by Crippen LogP contribution is -2.21. The molecule has 2 rings (SSSR count). The molecule has 5 heteroatoms. The van der Waals surface area contributed by atoms with E-state index in [2.05, 4.69) is 21.0 Å². The van der Waals surface area contributed by atoms with E-state index in [9.17, 15) is 4.79 Å². The van der Waals surface area contributed by atoms with Crippen LogP contribution in [0, 0.1) is 5.92 Å². The van der Waals surface area contributed by atoms with Crippen molar-refractivity contribution in [2.24, 2.45) is 5.92 Å². The van der Waals surface area contributed by atoms with Crippen molar-refractivity contribution in [3.05, 3.63) is 16.9 Å². The highest BCUT2D eigenvalue weighted by Gasteiger charge is 2.28. The van der Waals surface area contributed by atoms with Crippen LogP contribution in [-0.4, -0.2) is 20.9 Å². The molecule has 1 fully saturated rings. The molecule has 1 N–H and O–H groups in total. The van der Waals surface area contributed by atoms with E-state index in [0.717, 1.165) is 17.3 Å². The van der Waals surface area contributed by atoms with Crippen molar-refractivity contribution < 1.29 is 9.90 Å². The highest BCUT2D eigenvalue weighted by molar-refractivity contribution is 9.10. The number of hydrogen-bond acceptors (Lipinski definition) is 2. The average molecular weight is 287 g/mol. The second-order valence-corrected chi connectivity index (χ2v) is 5.26. The zero-order chi connectivity index (χ0) is 11.5. The number of carboxylic acids is 1. The fraction of sp³-hybridized carbons (Fsp3) is 0.636. The monoisotopic (exact) mass is 286 g/mol. The van der Waals surface area contributed by atoms with E-state index >= 15 is 0 Å². The van der Waals surface area contributed by atoms with Crippen molar-refractivity contribution in [2.75, 3.05) is 0 Å². The van der Waals surface area contributed by atoms with E-state index in [0.29, 0.717) is 5.92 Å². The lowest BCUT2D eigenvalue weighted by Gasteiger charge is -2.22. The Bertz CT molecular complexity index is 372. The lowest BCUT2D eigenvalue weighted by atomic mass is 9.95. The third kappa shape index (κ3) is 2.64. The van der Waals surface area contributed by atoms with Gasteiger partial charge in [-0.1, -0.05) is 12.8 Å². The van der Waals surface area contributed by atoms with Crippen molar-refractivity contribution in [2.45, 2.75) is 38.1 Å². The molecule has 1 aliphatic carbocycles. The summed E-state index contributed by atoms with van der Waals surface area (Å²) in [7, 11) is 0. The number of hydrogen-bond donors (Lipinski definition) is 1. The van der Waals surface area contributed by atoms with Gasteiger partial charge >= 0.3 is 5.97 Å². The summed E-state index contributed by atoms with van der Waals surface area (Å²) in [5, 5.41) is 13.2. The number of rotatable bonds is 4. The van der Waals surface area contributed by atoms with E-state index < -0.39 is 5.97 Å². The molecule has 1 atom stereocenters. The van der Waals surface area contributed by atoms with Crippen molar-refractivity contribution in [1.29, 1.82) is 0 Å². The molecule has 16 heavy (non-hydrogen) atoms. The van der Waals surface area contributed by atoms with Crippen LogP contribution in [0.3, 0.4) is 0 Å². The molecule has 1 aromatic rings. The average Bonchev–Trinajstić information content (AvgIpc) is 2.84. The Balaban J connectivity index is 2.16. The minimum Gasteiger partial charge on any atom is -0.481 e. The summed E-state index contributed by atoms with van der Waals surface area (Å²) in [5.74, 6) is -0.286. The van der Waals surface area contributed by atoms with Gasteiger partial charge in [-0.25, -0.2) is 0 Å². The number of aliphatic carboxylic acids is 1. The fourth-order valence-electron chi connectivity index (χ4n) is 2.49. The van der Waals surface area contributed by atoms with Crippen LogP contribution in [0.25, 0.3) is 0 Å². The largest absolute Gasteiger partial charge is 0.481 e. The van der Waals surface area contributed by atoms with E-state index in [1.807, 2.05) is 6.20 Å². The Hall–Kier alpha value is -0.840. The minimum atomic E-state index is -0.747. The maximum atomic E-state index is 10.9. The summed E-state index contributed by atoms with van der Waals surface area (Å²) in [6.45, 7) is 0. The van der Waals surface area contributed by atoms with E-state index in [4.69, 9.17) is 5.11 Å². The molecule has 0 aliphatic heterocycles. The SMILES string of the molecule is O=C(O)C[C@H](C1CCCC1)n1cc(Br)cn1. The molecule has 1 heterocycles. The summed E-state index contributed by atoms with van der Waals surface area (Å²) in [4.78, 5) is 10.9. The van der Waals surface area contributed by atoms with Gasteiger partial charge in [0.1, 0.15) is 0 Å². The number of halogens is 1. The Morgan fingerprint density at radius 1 is 1.62 bits per heavy atom. The van der Waals surface area contributed by atoms with Crippen molar-refractivity contribution in [3.8, 4) is 0 Å². The first kappa shape index (κ1) is 11.6. The smallest absolute Gasteiger partial charge is 0.305 e. The molecule has 4 nitrogen and oxygen atoms in total. The maximum absolute atomic E-state index is 10.9. The quantitative estimate of drug-likeness (QED) is 0.926. The first-order chi connectivity index (χ1) is 7.66. The summed E-state index contributed by atoms with van der Waals surface area (Å²) in [6.07, 6.45) is 8.41. The highest BCUT2D eigenvalue weighted by atomic mass is 79.9. The van der Waals surface area contributed by atoms with Crippen LogP contribution >= 0.6 is 15.9 Å². The minimum absolute atomic E-state index is 0.00583. The Morgan fingerprint density at radius 2 is 2.31 bits per heavy atom. The van der Waals surface area contributed by atoms with Crippen LogP contribution in [0.15, 0.2) is 16.9 Å². The standard InChI is InChI=1S/C11H15BrN2O2/c12-9-6-13-14(7-9)10(5-11(15)16)8-3-1-2-4-8/h6-8,10H,1-5H2,(H,15,16)/t10-/m1/s1. The van der Waals surface area contributed by atoms with Gasteiger partial charge in [-0.3, -0.25) is 9.48 Å². The molecule has 0 spiro atoms. The number of carbonyl (C=O) groups is 1. The van der Waals surface area contributed by atoms with Crippen LogP contribution < -0.4 is 0 Å².